The van der Waals surface area contributed by atoms with Crippen molar-refractivity contribution in [1.82, 2.24) is 0 Å². The summed E-state index contributed by atoms with van der Waals surface area (Å²) in [5.41, 5.74) is 0. The number of nitrogens with two attached hydrogens (primary N) is 1. The van der Waals surface area contributed by atoms with E-state index in [4.69, 9.17) is 0 Å². The lowest BCUT2D eigenvalue weighted by Crippen LogP contribution is -2.88. The van der Waals surface area contributed by atoms with Crippen LogP contribution in [0, 0.1) is 0 Å². The number of quaternary nitrogens is 1. The standard InChI is InChI=1S/C8H11NO2S/c1-8(2,3)12-5-4-6(10)9-7(5)11/h4H,1-3H3,(H,9,10,11)/p+1. The Bertz CT molecular complexity index is 263. The molecule has 2 amide bonds. The van der Waals surface area contributed by atoms with Gasteiger partial charge in [-0.3, -0.25) is 0 Å². The van der Waals surface area contributed by atoms with Crippen molar-refractivity contribution in [2.45, 2.75) is 25.5 Å². The lowest BCUT2D eigenvalue weighted by molar-refractivity contribution is -0.474. The van der Waals surface area contributed by atoms with Crippen molar-refractivity contribution in [2.24, 2.45) is 0 Å². The maximum atomic E-state index is 11.1. The lowest BCUT2D eigenvalue weighted by Gasteiger charge is -2.15. The normalized spacial score (nSPS) is 18.4. The molecule has 0 fully saturated rings. The molecule has 0 atom stereocenters. The summed E-state index contributed by atoms with van der Waals surface area (Å²) in [7, 11) is 0. The van der Waals surface area contributed by atoms with Gasteiger partial charge in [-0.15, -0.1) is 11.8 Å². The first-order chi connectivity index (χ1) is 5.38. The molecule has 1 heterocycles. The molecule has 0 aliphatic carbocycles. The third kappa shape index (κ3) is 2.46. The van der Waals surface area contributed by atoms with E-state index < -0.39 is 0 Å². The molecule has 0 saturated carbocycles. The molecule has 0 bridgehead atoms. The van der Waals surface area contributed by atoms with Gasteiger partial charge in [0.25, 0.3) is 0 Å². The van der Waals surface area contributed by atoms with E-state index in [1.807, 2.05) is 20.8 Å². The van der Waals surface area contributed by atoms with Crippen molar-refractivity contribution < 1.29 is 14.9 Å². The smallest absolute Gasteiger partial charge is 0.226 e. The quantitative estimate of drug-likeness (QED) is 0.588. The minimum Gasteiger partial charge on any atom is -0.226 e. The van der Waals surface area contributed by atoms with Gasteiger partial charge < -0.3 is 0 Å². The fraction of sp³-hybridized carbons (Fsp3) is 0.500. The Morgan fingerprint density at radius 1 is 1.33 bits per heavy atom. The van der Waals surface area contributed by atoms with Crippen molar-refractivity contribution in [3.63, 3.8) is 0 Å². The lowest BCUT2D eigenvalue weighted by atomic mass is 10.3. The van der Waals surface area contributed by atoms with E-state index in [0.717, 1.165) is 5.32 Å². The average Bonchev–Trinajstić information content (AvgIpc) is 2.06. The summed E-state index contributed by atoms with van der Waals surface area (Å²) in [6, 6.07) is 0. The Labute approximate surface area is 75.6 Å². The highest BCUT2D eigenvalue weighted by Crippen LogP contribution is 2.30. The minimum atomic E-state index is -0.188. The van der Waals surface area contributed by atoms with Crippen LogP contribution in [0.15, 0.2) is 11.0 Å². The van der Waals surface area contributed by atoms with E-state index in [-0.39, 0.29) is 16.6 Å². The number of rotatable bonds is 1. The molecule has 0 unspecified atom stereocenters. The molecule has 1 rings (SSSR count). The number of hydrogen-bond acceptors (Lipinski definition) is 3. The summed E-state index contributed by atoms with van der Waals surface area (Å²) in [5.74, 6) is -0.341. The second-order valence-electron chi connectivity index (χ2n) is 3.63. The Morgan fingerprint density at radius 2 is 1.92 bits per heavy atom. The van der Waals surface area contributed by atoms with Crippen molar-refractivity contribution >= 4 is 23.6 Å². The molecule has 0 aromatic heterocycles. The Hall–Kier alpha value is -0.610. The molecule has 0 spiro atoms. The Balaban J connectivity index is 2.71. The monoisotopic (exact) mass is 186 g/mol. The number of carbonyl (C=O) groups is 2. The van der Waals surface area contributed by atoms with Crippen LogP contribution in [0.4, 0.5) is 0 Å². The van der Waals surface area contributed by atoms with Crippen molar-refractivity contribution in [1.29, 1.82) is 0 Å². The summed E-state index contributed by atoms with van der Waals surface area (Å²) in [6.45, 7) is 6.03. The second-order valence-corrected chi connectivity index (χ2v) is 5.50. The first kappa shape index (κ1) is 9.48. The fourth-order valence-corrected chi connectivity index (χ4v) is 1.85. The van der Waals surface area contributed by atoms with Crippen LogP contribution in [-0.4, -0.2) is 16.6 Å². The van der Waals surface area contributed by atoms with Gasteiger partial charge in [-0.2, -0.15) is 0 Å². The van der Waals surface area contributed by atoms with Gasteiger partial charge in [0.05, 0.1) is 6.08 Å². The summed E-state index contributed by atoms with van der Waals surface area (Å²) in [5, 5.41) is 1.13. The van der Waals surface area contributed by atoms with E-state index in [1.54, 1.807) is 0 Å². The molecule has 0 saturated heterocycles. The molecule has 0 aromatic rings. The van der Waals surface area contributed by atoms with Crippen LogP contribution in [0.1, 0.15) is 20.8 Å². The molecule has 3 nitrogen and oxygen atoms in total. The van der Waals surface area contributed by atoms with Crippen LogP contribution in [0.2, 0.25) is 0 Å². The highest BCUT2D eigenvalue weighted by Gasteiger charge is 2.30. The molecule has 2 N–H and O–H groups in total. The molecular weight excluding hydrogens is 174 g/mol. The maximum Gasteiger partial charge on any atom is 0.357 e. The van der Waals surface area contributed by atoms with Gasteiger partial charge in [0.15, 0.2) is 0 Å². The van der Waals surface area contributed by atoms with Crippen molar-refractivity contribution in [2.75, 3.05) is 0 Å². The number of imide groups is 1. The predicted molar refractivity (Wildman–Crippen MR) is 47.4 cm³/mol. The number of hydrogen-bond donors (Lipinski definition) is 1. The third-order valence-corrected chi connectivity index (χ3v) is 2.36. The van der Waals surface area contributed by atoms with Gasteiger partial charge >= 0.3 is 11.8 Å². The van der Waals surface area contributed by atoms with E-state index >= 15 is 0 Å². The number of primary amides is 2. The molecule has 4 heteroatoms. The average molecular weight is 186 g/mol. The van der Waals surface area contributed by atoms with Gasteiger partial charge in [0.2, 0.25) is 0 Å². The summed E-state index contributed by atoms with van der Waals surface area (Å²) >= 11 is 1.44. The minimum absolute atomic E-state index is 0.0139. The van der Waals surface area contributed by atoms with Crippen LogP contribution < -0.4 is 5.32 Å². The van der Waals surface area contributed by atoms with Gasteiger partial charge in [-0.05, 0) is 0 Å². The highest BCUT2D eigenvalue weighted by molar-refractivity contribution is 8.05. The molecule has 0 radical (unpaired) electrons. The first-order valence-corrected chi connectivity index (χ1v) is 4.54. The van der Waals surface area contributed by atoms with Crippen LogP contribution in [0.3, 0.4) is 0 Å². The Morgan fingerprint density at radius 3 is 2.25 bits per heavy atom. The van der Waals surface area contributed by atoms with Crippen molar-refractivity contribution in [3.8, 4) is 0 Å². The van der Waals surface area contributed by atoms with E-state index in [9.17, 15) is 9.59 Å². The van der Waals surface area contributed by atoms with Crippen LogP contribution >= 0.6 is 11.8 Å². The maximum absolute atomic E-state index is 11.1. The zero-order valence-corrected chi connectivity index (χ0v) is 8.20. The van der Waals surface area contributed by atoms with E-state index in [1.165, 1.54) is 17.8 Å². The first-order valence-electron chi connectivity index (χ1n) is 3.72. The van der Waals surface area contributed by atoms with Gasteiger partial charge in [-0.1, -0.05) is 20.8 Å². The molecule has 1 aliphatic heterocycles. The van der Waals surface area contributed by atoms with Gasteiger partial charge in [0.1, 0.15) is 4.91 Å². The topological polar surface area (TPSA) is 50.8 Å². The second kappa shape index (κ2) is 3.03. The molecule has 1 aliphatic rings. The van der Waals surface area contributed by atoms with Gasteiger partial charge in [0, 0.05) is 4.75 Å². The number of carbonyl (C=O) groups excluding carboxylic acids is 2. The number of amides is 2. The SMILES string of the molecule is CC(C)(C)SC1=CC(=O)[NH2+]C1=O. The highest BCUT2D eigenvalue weighted by atomic mass is 32.2. The van der Waals surface area contributed by atoms with Crippen LogP contribution in [0.5, 0.6) is 0 Å². The largest absolute Gasteiger partial charge is 0.357 e. The molecule has 12 heavy (non-hydrogen) atoms. The third-order valence-electron chi connectivity index (χ3n) is 1.21. The van der Waals surface area contributed by atoms with Gasteiger partial charge in [-0.25, -0.2) is 14.9 Å². The number of thioether (sulfide) groups is 1. The molecule has 0 aromatic carbocycles. The summed E-state index contributed by atoms with van der Waals surface area (Å²) in [6.07, 6.45) is 1.40. The van der Waals surface area contributed by atoms with Crippen LogP contribution in [-0.2, 0) is 9.59 Å². The van der Waals surface area contributed by atoms with Crippen molar-refractivity contribution in [3.05, 3.63) is 11.0 Å². The summed E-state index contributed by atoms with van der Waals surface area (Å²) < 4.78 is -0.0139. The zero-order valence-electron chi connectivity index (χ0n) is 7.38. The zero-order chi connectivity index (χ0) is 9.35. The van der Waals surface area contributed by atoms with E-state index in [2.05, 4.69) is 0 Å². The molecule has 66 valence electrons. The van der Waals surface area contributed by atoms with Crippen LogP contribution in [0.25, 0.3) is 0 Å². The van der Waals surface area contributed by atoms with E-state index in [0.29, 0.717) is 4.91 Å². The summed E-state index contributed by atoms with van der Waals surface area (Å²) in [4.78, 5) is 22.4. The fourth-order valence-electron chi connectivity index (χ4n) is 0.852. The predicted octanol–water partition coefficient (Wildman–Crippen LogP) is 0.0322. The Kier molecular flexibility index (Phi) is 2.39. The molecular formula is C8H12NO2S+.